The fourth-order valence-electron chi connectivity index (χ4n) is 1.66. The highest BCUT2D eigenvalue weighted by molar-refractivity contribution is 5.04. The van der Waals surface area contributed by atoms with Crippen molar-refractivity contribution in [2.24, 2.45) is 0 Å². The zero-order chi connectivity index (χ0) is 7.40. The lowest BCUT2D eigenvalue weighted by Gasteiger charge is -2.20. The lowest BCUT2D eigenvalue weighted by atomic mass is 9.85. The number of hydrogen-bond donors (Lipinski definition) is 0. The maximum atomic E-state index is 3.93. The van der Waals surface area contributed by atoms with Crippen LogP contribution >= 0.6 is 0 Å². The summed E-state index contributed by atoms with van der Waals surface area (Å²) >= 11 is 0. The van der Waals surface area contributed by atoms with E-state index in [1.807, 2.05) is 0 Å². The monoisotopic (exact) mass is 137 g/mol. The van der Waals surface area contributed by atoms with Gasteiger partial charge in [0.15, 0.2) is 0 Å². The molecule has 0 atom stereocenters. The van der Waals surface area contributed by atoms with Crippen molar-refractivity contribution in [3.05, 3.63) is 18.1 Å². The van der Waals surface area contributed by atoms with Crippen LogP contribution in [0.3, 0.4) is 0 Å². The Bertz CT molecular complexity index is 107. The van der Waals surface area contributed by atoms with E-state index in [0.717, 1.165) is 0 Å². The first-order valence-electron chi connectivity index (χ1n) is 4.27. The van der Waals surface area contributed by atoms with Gasteiger partial charge in [-0.1, -0.05) is 24.8 Å². The quantitative estimate of drug-likeness (QED) is 0.511. The Morgan fingerprint density at radius 3 is 2.40 bits per heavy atom. The van der Waals surface area contributed by atoms with Crippen molar-refractivity contribution in [1.82, 2.24) is 0 Å². The summed E-state index contributed by atoms with van der Waals surface area (Å²) in [5.41, 5.74) is 1.33. The van der Waals surface area contributed by atoms with Gasteiger partial charge in [-0.2, -0.15) is 0 Å². The zero-order valence-corrected chi connectivity index (χ0v) is 6.95. The Morgan fingerprint density at radius 1 is 1.30 bits per heavy atom. The predicted octanol–water partition coefficient (Wildman–Crippen LogP) is 3.49. The minimum absolute atomic E-state index is 1.19. The van der Waals surface area contributed by atoms with Gasteiger partial charge < -0.3 is 0 Å². The highest BCUT2D eigenvalue weighted by atomic mass is 14.2. The average molecular weight is 137 g/mol. The molecule has 0 aromatic carbocycles. The molecule has 0 aromatic heterocycles. The molecule has 0 spiro atoms. The van der Waals surface area contributed by atoms with Crippen LogP contribution in [-0.4, -0.2) is 0 Å². The number of hydrogen-bond acceptors (Lipinski definition) is 0. The summed E-state index contributed by atoms with van der Waals surface area (Å²) in [4.78, 5) is 0. The predicted molar refractivity (Wildman–Crippen MR) is 45.8 cm³/mol. The molecule has 1 fully saturated rings. The molecule has 1 aliphatic carbocycles. The number of allylic oxidation sites excluding steroid dienone is 1. The highest BCUT2D eigenvalue weighted by Gasteiger charge is 2.12. The summed E-state index contributed by atoms with van der Waals surface area (Å²) in [6.45, 7) is 6.05. The van der Waals surface area contributed by atoms with E-state index >= 15 is 0 Å². The summed E-state index contributed by atoms with van der Waals surface area (Å²) in [6, 6.07) is 0. The van der Waals surface area contributed by atoms with E-state index in [2.05, 4.69) is 13.5 Å². The molecule has 0 saturated heterocycles. The molecular weight excluding hydrogens is 120 g/mol. The van der Waals surface area contributed by atoms with Crippen LogP contribution in [0.5, 0.6) is 0 Å². The molecule has 1 aliphatic rings. The molecule has 57 valence electrons. The molecule has 0 amide bonds. The molecule has 0 aromatic rings. The standard InChI is InChI=1S/C10H17/c1-9(2)8-10-6-4-3-5-7-10/h1,3-8H2,2H3. The van der Waals surface area contributed by atoms with E-state index in [1.54, 1.807) is 5.92 Å². The van der Waals surface area contributed by atoms with E-state index in [1.165, 1.54) is 44.1 Å². The second kappa shape index (κ2) is 3.80. The average Bonchev–Trinajstić information content (AvgIpc) is 1.88. The van der Waals surface area contributed by atoms with Crippen molar-refractivity contribution in [3.8, 4) is 0 Å². The van der Waals surface area contributed by atoms with Gasteiger partial charge in [0, 0.05) is 0 Å². The van der Waals surface area contributed by atoms with Crippen LogP contribution in [0.2, 0.25) is 0 Å². The summed E-state index contributed by atoms with van der Waals surface area (Å²) in [5, 5.41) is 0. The lowest BCUT2D eigenvalue weighted by molar-refractivity contribution is 0.520. The first kappa shape index (κ1) is 7.84. The molecule has 0 N–H and O–H groups in total. The molecule has 1 radical (unpaired) electrons. The Balaban J connectivity index is 2.19. The van der Waals surface area contributed by atoms with Crippen LogP contribution in [0.25, 0.3) is 0 Å². The van der Waals surface area contributed by atoms with Crippen LogP contribution in [0.4, 0.5) is 0 Å². The molecular formula is C10H17. The van der Waals surface area contributed by atoms with E-state index in [-0.39, 0.29) is 0 Å². The number of rotatable bonds is 2. The van der Waals surface area contributed by atoms with Crippen LogP contribution in [0.1, 0.15) is 45.4 Å². The Labute approximate surface area is 64.3 Å². The third kappa shape index (κ3) is 2.55. The maximum Gasteiger partial charge on any atom is -0.0201 e. The van der Waals surface area contributed by atoms with Gasteiger partial charge in [0.1, 0.15) is 0 Å². The topological polar surface area (TPSA) is 0 Å². The fraction of sp³-hybridized carbons (Fsp3) is 0.700. The normalized spacial score (nSPS) is 20.9. The van der Waals surface area contributed by atoms with Crippen LogP contribution in [0.15, 0.2) is 12.2 Å². The second-order valence-electron chi connectivity index (χ2n) is 3.44. The van der Waals surface area contributed by atoms with E-state index < -0.39 is 0 Å². The fourth-order valence-corrected chi connectivity index (χ4v) is 1.66. The van der Waals surface area contributed by atoms with E-state index in [4.69, 9.17) is 0 Å². The molecule has 1 saturated carbocycles. The molecule has 0 heterocycles. The Morgan fingerprint density at radius 2 is 1.90 bits per heavy atom. The first-order chi connectivity index (χ1) is 4.79. The molecule has 0 unspecified atom stereocenters. The van der Waals surface area contributed by atoms with E-state index in [9.17, 15) is 0 Å². The largest absolute Gasteiger partial charge is 0.100 e. The molecule has 0 bridgehead atoms. The van der Waals surface area contributed by atoms with Gasteiger partial charge in [-0.25, -0.2) is 0 Å². The van der Waals surface area contributed by atoms with Crippen molar-refractivity contribution in [2.75, 3.05) is 0 Å². The van der Waals surface area contributed by atoms with Crippen molar-refractivity contribution in [3.63, 3.8) is 0 Å². The summed E-state index contributed by atoms with van der Waals surface area (Å²) < 4.78 is 0. The van der Waals surface area contributed by atoms with Crippen molar-refractivity contribution >= 4 is 0 Å². The van der Waals surface area contributed by atoms with Crippen molar-refractivity contribution in [1.29, 1.82) is 0 Å². The molecule has 1 rings (SSSR count). The first-order valence-corrected chi connectivity index (χ1v) is 4.27. The zero-order valence-electron chi connectivity index (χ0n) is 6.95. The van der Waals surface area contributed by atoms with Gasteiger partial charge in [0.25, 0.3) is 0 Å². The Hall–Kier alpha value is -0.260. The van der Waals surface area contributed by atoms with Crippen molar-refractivity contribution < 1.29 is 0 Å². The van der Waals surface area contributed by atoms with Crippen LogP contribution in [0, 0.1) is 5.92 Å². The minimum Gasteiger partial charge on any atom is -0.100 e. The molecule has 0 nitrogen and oxygen atoms in total. The van der Waals surface area contributed by atoms with Crippen LogP contribution in [-0.2, 0) is 0 Å². The van der Waals surface area contributed by atoms with Gasteiger partial charge in [-0.3, -0.25) is 0 Å². The van der Waals surface area contributed by atoms with Crippen LogP contribution < -0.4 is 0 Å². The summed E-state index contributed by atoms with van der Waals surface area (Å²) in [5.74, 6) is 1.73. The molecule has 0 heteroatoms. The van der Waals surface area contributed by atoms with Gasteiger partial charge in [0.2, 0.25) is 0 Å². The third-order valence-corrected chi connectivity index (χ3v) is 2.11. The summed E-state index contributed by atoms with van der Waals surface area (Å²) in [7, 11) is 0. The lowest BCUT2D eigenvalue weighted by Crippen LogP contribution is -2.03. The van der Waals surface area contributed by atoms with Crippen molar-refractivity contribution in [2.45, 2.75) is 45.4 Å². The van der Waals surface area contributed by atoms with Gasteiger partial charge in [0.05, 0.1) is 0 Å². The highest BCUT2D eigenvalue weighted by Crippen LogP contribution is 2.29. The van der Waals surface area contributed by atoms with E-state index in [0.29, 0.717) is 0 Å². The van der Waals surface area contributed by atoms with Gasteiger partial charge in [-0.15, -0.1) is 6.58 Å². The third-order valence-electron chi connectivity index (χ3n) is 2.11. The molecule has 10 heavy (non-hydrogen) atoms. The smallest absolute Gasteiger partial charge is 0.0201 e. The second-order valence-corrected chi connectivity index (χ2v) is 3.44. The minimum atomic E-state index is 1.19. The maximum absolute atomic E-state index is 3.93. The molecule has 0 aliphatic heterocycles. The SMILES string of the molecule is C=C(C)C[C]1CCCCC1. The van der Waals surface area contributed by atoms with Gasteiger partial charge >= 0.3 is 0 Å². The van der Waals surface area contributed by atoms with Gasteiger partial charge in [-0.05, 0) is 32.1 Å². The summed E-state index contributed by atoms with van der Waals surface area (Å²) in [6.07, 6.45) is 8.21. The Kier molecular flexibility index (Phi) is 2.98.